The van der Waals surface area contributed by atoms with Crippen molar-refractivity contribution >= 4 is 24.1 Å². The number of benzene rings is 1. The number of Topliss-reactive ketones (excluding diaryl/α,β-unsaturated/α-hetero) is 1. The van der Waals surface area contributed by atoms with Gasteiger partial charge < -0.3 is 11.1 Å². The summed E-state index contributed by atoms with van der Waals surface area (Å²) in [4.78, 5) is 24.5. The first kappa shape index (κ1) is 22.5. The summed E-state index contributed by atoms with van der Waals surface area (Å²) in [6.45, 7) is 8.05. The molecule has 1 aromatic rings. The van der Waals surface area contributed by atoms with E-state index >= 15 is 0 Å². The third-order valence-electron chi connectivity index (χ3n) is 3.80. The second-order valence-electron chi connectivity index (χ2n) is 6.89. The summed E-state index contributed by atoms with van der Waals surface area (Å²) in [6, 6.07) is 5.53. The van der Waals surface area contributed by atoms with E-state index < -0.39 is 17.3 Å². The third kappa shape index (κ3) is 6.97. The molecule has 0 spiro atoms. The fourth-order valence-electron chi connectivity index (χ4n) is 2.77. The van der Waals surface area contributed by atoms with Gasteiger partial charge in [-0.3, -0.25) is 9.59 Å². The fraction of sp³-hybridized carbons (Fsp3) is 0.556. The van der Waals surface area contributed by atoms with Crippen molar-refractivity contribution in [1.82, 2.24) is 5.32 Å². The first-order chi connectivity index (χ1) is 10.7. The SMILES string of the molecule is CC(C)CC(C)(CN)NC(=O)CC(C)C(=O)c1cccc(F)c1.Cl. The molecule has 6 heteroatoms. The van der Waals surface area contributed by atoms with Crippen molar-refractivity contribution in [2.75, 3.05) is 6.54 Å². The van der Waals surface area contributed by atoms with Gasteiger partial charge in [-0.25, -0.2) is 4.39 Å². The maximum absolute atomic E-state index is 13.2. The van der Waals surface area contributed by atoms with Crippen molar-refractivity contribution in [2.24, 2.45) is 17.6 Å². The average molecular weight is 359 g/mol. The van der Waals surface area contributed by atoms with Crippen LogP contribution in [0.25, 0.3) is 0 Å². The van der Waals surface area contributed by atoms with Crippen molar-refractivity contribution in [3.63, 3.8) is 0 Å². The van der Waals surface area contributed by atoms with Gasteiger partial charge in [-0.15, -0.1) is 12.4 Å². The molecule has 2 unspecified atom stereocenters. The summed E-state index contributed by atoms with van der Waals surface area (Å²) in [5.41, 5.74) is 5.59. The summed E-state index contributed by atoms with van der Waals surface area (Å²) in [5, 5.41) is 2.93. The standard InChI is InChI=1S/C18H27FN2O2.ClH/c1-12(2)10-18(4,11-20)21-16(22)8-13(3)17(23)14-6-5-7-15(19)9-14;/h5-7,9,12-13H,8,10-11,20H2,1-4H3,(H,21,22);1H. The van der Waals surface area contributed by atoms with Gasteiger partial charge in [-0.1, -0.05) is 32.9 Å². The molecule has 0 aliphatic carbocycles. The zero-order valence-corrected chi connectivity index (χ0v) is 15.6. The highest BCUT2D eigenvalue weighted by atomic mass is 35.5. The molecule has 24 heavy (non-hydrogen) atoms. The number of hydrogen-bond acceptors (Lipinski definition) is 3. The van der Waals surface area contributed by atoms with E-state index in [9.17, 15) is 14.0 Å². The van der Waals surface area contributed by atoms with E-state index in [-0.39, 0.29) is 36.1 Å². The lowest BCUT2D eigenvalue weighted by atomic mass is 9.89. The second kappa shape index (κ2) is 9.74. The molecule has 0 radical (unpaired) electrons. The van der Waals surface area contributed by atoms with Crippen LogP contribution in [0.1, 0.15) is 50.9 Å². The molecule has 0 saturated carbocycles. The number of nitrogens with two attached hydrogens (primary N) is 1. The van der Waals surface area contributed by atoms with Gasteiger partial charge in [0.05, 0.1) is 0 Å². The molecule has 0 fully saturated rings. The van der Waals surface area contributed by atoms with Crippen molar-refractivity contribution in [3.05, 3.63) is 35.6 Å². The predicted molar refractivity (Wildman–Crippen MR) is 96.8 cm³/mol. The first-order valence-electron chi connectivity index (χ1n) is 7.97. The summed E-state index contributed by atoms with van der Waals surface area (Å²) >= 11 is 0. The van der Waals surface area contributed by atoms with Gasteiger partial charge in [0.1, 0.15) is 5.82 Å². The van der Waals surface area contributed by atoms with Crippen molar-refractivity contribution in [2.45, 2.75) is 46.1 Å². The maximum Gasteiger partial charge on any atom is 0.221 e. The average Bonchev–Trinajstić information content (AvgIpc) is 2.45. The number of halogens is 2. The Bertz CT molecular complexity index is 566. The van der Waals surface area contributed by atoms with E-state index in [1.165, 1.54) is 18.2 Å². The Labute approximate surface area is 149 Å². The summed E-state index contributed by atoms with van der Waals surface area (Å²) in [6.07, 6.45) is 0.824. The number of rotatable bonds is 8. The van der Waals surface area contributed by atoms with E-state index in [4.69, 9.17) is 5.73 Å². The van der Waals surface area contributed by atoms with Crippen molar-refractivity contribution in [3.8, 4) is 0 Å². The lowest BCUT2D eigenvalue weighted by molar-refractivity contribution is -0.123. The lowest BCUT2D eigenvalue weighted by Crippen LogP contribution is -2.52. The van der Waals surface area contributed by atoms with Crippen LogP contribution in [-0.2, 0) is 4.79 Å². The van der Waals surface area contributed by atoms with Gasteiger partial charge >= 0.3 is 0 Å². The Balaban J connectivity index is 0.00000529. The Kier molecular flexibility index (Phi) is 9.15. The maximum atomic E-state index is 13.2. The molecule has 0 heterocycles. The molecule has 2 atom stereocenters. The minimum atomic E-state index is -0.516. The molecule has 1 amide bonds. The van der Waals surface area contributed by atoms with Gasteiger partial charge in [0.25, 0.3) is 0 Å². The van der Waals surface area contributed by atoms with E-state index in [2.05, 4.69) is 19.2 Å². The van der Waals surface area contributed by atoms with Gasteiger partial charge in [-0.05, 0) is 31.4 Å². The van der Waals surface area contributed by atoms with Gasteiger partial charge in [0.15, 0.2) is 5.78 Å². The molecule has 0 bridgehead atoms. The van der Waals surface area contributed by atoms with Crippen LogP contribution >= 0.6 is 12.4 Å². The van der Waals surface area contributed by atoms with Crippen LogP contribution in [0, 0.1) is 17.7 Å². The highest BCUT2D eigenvalue weighted by Gasteiger charge is 2.27. The summed E-state index contributed by atoms with van der Waals surface area (Å²) in [7, 11) is 0. The Morgan fingerprint density at radius 3 is 2.42 bits per heavy atom. The molecule has 0 saturated heterocycles. The van der Waals surface area contributed by atoms with E-state index in [1.54, 1.807) is 13.0 Å². The number of nitrogens with one attached hydrogen (secondary N) is 1. The first-order valence-corrected chi connectivity index (χ1v) is 7.97. The molecule has 1 rings (SSSR count). The zero-order valence-electron chi connectivity index (χ0n) is 14.8. The topological polar surface area (TPSA) is 72.2 Å². The highest BCUT2D eigenvalue weighted by molar-refractivity contribution is 5.99. The minimum Gasteiger partial charge on any atom is -0.350 e. The van der Waals surface area contributed by atoms with E-state index in [1.807, 2.05) is 6.92 Å². The zero-order chi connectivity index (χ0) is 17.6. The third-order valence-corrected chi connectivity index (χ3v) is 3.80. The largest absolute Gasteiger partial charge is 0.350 e. The van der Waals surface area contributed by atoms with Crippen molar-refractivity contribution < 1.29 is 14.0 Å². The lowest BCUT2D eigenvalue weighted by Gasteiger charge is -2.31. The van der Waals surface area contributed by atoms with Crippen LogP contribution in [0.2, 0.25) is 0 Å². The smallest absolute Gasteiger partial charge is 0.221 e. The molecule has 3 N–H and O–H groups in total. The van der Waals surface area contributed by atoms with E-state index in [0.29, 0.717) is 12.5 Å². The van der Waals surface area contributed by atoms with Gasteiger partial charge in [0, 0.05) is 30.0 Å². The predicted octanol–water partition coefficient (Wildman–Crippen LogP) is 3.34. The Morgan fingerprint density at radius 2 is 1.92 bits per heavy atom. The molecule has 4 nitrogen and oxygen atoms in total. The quantitative estimate of drug-likeness (QED) is 0.700. The summed E-state index contributed by atoms with van der Waals surface area (Å²) in [5.74, 6) is -1.03. The molecule has 136 valence electrons. The monoisotopic (exact) mass is 358 g/mol. The van der Waals surface area contributed by atoms with Crippen LogP contribution < -0.4 is 11.1 Å². The number of carbonyl (C=O) groups is 2. The molecule has 1 aromatic carbocycles. The van der Waals surface area contributed by atoms with Gasteiger partial charge in [0.2, 0.25) is 5.91 Å². The summed E-state index contributed by atoms with van der Waals surface area (Å²) < 4.78 is 13.2. The second-order valence-corrected chi connectivity index (χ2v) is 6.89. The molecule has 0 aliphatic rings. The minimum absolute atomic E-state index is 0. The Hall–Kier alpha value is -1.46. The van der Waals surface area contributed by atoms with Crippen LogP contribution in [0.15, 0.2) is 24.3 Å². The van der Waals surface area contributed by atoms with Gasteiger partial charge in [-0.2, -0.15) is 0 Å². The molecule has 0 aromatic heterocycles. The van der Waals surface area contributed by atoms with E-state index in [0.717, 1.165) is 6.42 Å². The van der Waals surface area contributed by atoms with Crippen molar-refractivity contribution in [1.29, 1.82) is 0 Å². The molecular weight excluding hydrogens is 331 g/mol. The number of amides is 1. The normalized spacial score (nSPS) is 14.5. The number of hydrogen-bond donors (Lipinski definition) is 2. The fourth-order valence-corrected chi connectivity index (χ4v) is 2.77. The number of carbonyl (C=O) groups excluding carboxylic acids is 2. The molecular formula is C18H28ClFN2O2. The highest BCUT2D eigenvalue weighted by Crippen LogP contribution is 2.17. The van der Waals surface area contributed by atoms with Crippen LogP contribution in [-0.4, -0.2) is 23.8 Å². The van der Waals surface area contributed by atoms with Crippen LogP contribution in [0.4, 0.5) is 4.39 Å². The van der Waals surface area contributed by atoms with Crippen LogP contribution in [0.5, 0.6) is 0 Å². The molecule has 0 aliphatic heterocycles. The Morgan fingerprint density at radius 1 is 1.29 bits per heavy atom. The number of ketones is 1. The van der Waals surface area contributed by atoms with Crippen LogP contribution in [0.3, 0.4) is 0 Å².